The molecule has 1 aromatic carbocycles. The van der Waals surface area contributed by atoms with Crippen LogP contribution in [0, 0.1) is 0 Å². The molecule has 0 amide bonds. The summed E-state index contributed by atoms with van der Waals surface area (Å²) in [4.78, 5) is 16.9. The summed E-state index contributed by atoms with van der Waals surface area (Å²) in [6.45, 7) is 0.266. The number of rotatable bonds is 2. The number of hydrogen-bond acceptors (Lipinski definition) is 4. The summed E-state index contributed by atoms with van der Waals surface area (Å²) in [6.07, 6.45) is 6.73. The summed E-state index contributed by atoms with van der Waals surface area (Å²) in [5.74, 6) is -0.215. The SMILES string of the molecule is Nc1nc2ccccc2c2nn(CC3=CC=C(F)C=CC3)c(=O)n12. The quantitative estimate of drug-likeness (QED) is 0.785. The summed E-state index contributed by atoms with van der Waals surface area (Å²) in [5, 5.41) is 5.17. The number of hydrogen-bond donors (Lipinski definition) is 1. The molecular weight excluding hydrogens is 309 g/mol. The van der Waals surface area contributed by atoms with Crippen molar-refractivity contribution in [3.8, 4) is 0 Å². The molecule has 0 aliphatic heterocycles. The Hall–Kier alpha value is -3.22. The molecule has 2 N–H and O–H groups in total. The standard InChI is InChI=1S/C17H14FN5O/c18-12-5-3-4-11(8-9-12)10-22-17(24)23-15(21-22)13-6-1-2-7-14(13)20-16(23)19/h1-3,5-9H,4,10H2,(H2,19,20). The lowest BCUT2D eigenvalue weighted by molar-refractivity contribution is 0.643. The van der Waals surface area contributed by atoms with Gasteiger partial charge in [0.1, 0.15) is 5.83 Å². The molecule has 0 fully saturated rings. The number of para-hydroxylation sites is 1. The van der Waals surface area contributed by atoms with Crippen LogP contribution < -0.4 is 11.4 Å². The summed E-state index contributed by atoms with van der Waals surface area (Å²) in [7, 11) is 0. The molecule has 3 aromatic rings. The Kier molecular flexibility index (Phi) is 3.26. The zero-order chi connectivity index (χ0) is 16.7. The van der Waals surface area contributed by atoms with Crippen molar-refractivity contribution in [3.05, 3.63) is 70.5 Å². The second-order valence-corrected chi connectivity index (χ2v) is 5.57. The summed E-state index contributed by atoms with van der Waals surface area (Å²) in [5.41, 5.74) is 7.59. The number of benzene rings is 1. The van der Waals surface area contributed by atoms with Crippen molar-refractivity contribution >= 4 is 22.5 Å². The number of nitrogens with two attached hydrogens (primary N) is 1. The fourth-order valence-electron chi connectivity index (χ4n) is 2.78. The van der Waals surface area contributed by atoms with E-state index < -0.39 is 0 Å². The van der Waals surface area contributed by atoms with Gasteiger partial charge in [0.15, 0.2) is 5.65 Å². The zero-order valence-electron chi connectivity index (χ0n) is 12.7. The molecule has 2 aromatic heterocycles. The van der Waals surface area contributed by atoms with Gasteiger partial charge in [-0.1, -0.05) is 24.3 Å². The maximum atomic E-state index is 13.2. The van der Waals surface area contributed by atoms with Crippen LogP contribution in [0.25, 0.3) is 16.6 Å². The van der Waals surface area contributed by atoms with Gasteiger partial charge in [-0.2, -0.15) is 0 Å². The molecule has 1 aliphatic rings. The van der Waals surface area contributed by atoms with Gasteiger partial charge < -0.3 is 5.73 Å². The molecular formula is C17H14FN5O. The van der Waals surface area contributed by atoms with Gasteiger partial charge in [-0.05, 0) is 36.3 Å². The van der Waals surface area contributed by atoms with Crippen molar-refractivity contribution < 1.29 is 4.39 Å². The van der Waals surface area contributed by atoms with Crippen LogP contribution in [0.1, 0.15) is 6.42 Å². The molecule has 6 nitrogen and oxygen atoms in total. The average Bonchev–Trinajstić information content (AvgIpc) is 2.75. The first-order valence-electron chi connectivity index (χ1n) is 7.49. The molecule has 120 valence electrons. The third-order valence-electron chi connectivity index (χ3n) is 3.94. The van der Waals surface area contributed by atoms with Crippen molar-refractivity contribution in [2.45, 2.75) is 13.0 Å². The van der Waals surface area contributed by atoms with Crippen molar-refractivity contribution in [1.29, 1.82) is 0 Å². The highest BCUT2D eigenvalue weighted by Gasteiger charge is 2.14. The van der Waals surface area contributed by atoms with Crippen molar-refractivity contribution in [3.63, 3.8) is 0 Å². The lowest BCUT2D eigenvalue weighted by Crippen LogP contribution is -2.23. The molecule has 0 unspecified atom stereocenters. The lowest BCUT2D eigenvalue weighted by atomic mass is 10.2. The van der Waals surface area contributed by atoms with E-state index >= 15 is 0 Å². The van der Waals surface area contributed by atoms with Crippen LogP contribution in [0.15, 0.2) is 64.8 Å². The minimum Gasteiger partial charge on any atom is -0.369 e. The minimum atomic E-state index is -0.362. The van der Waals surface area contributed by atoms with E-state index in [2.05, 4.69) is 10.1 Å². The first-order valence-corrected chi connectivity index (χ1v) is 7.49. The summed E-state index contributed by atoms with van der Waals surface area (Å²) in [6, 6.07) is 7.38. The van der Waals surface area contributed by atoms with Crippen LogP contribution >= 0.6 is 0 Å². The molecule has 4 rings (SSSR count). The van der Waals surface area contributed by atoms with E-state index in [4.69, 9.17) is 5.73 Å². The maximum Gasteiger partial charge on any atom is 0.353 e. The van der Waals surface area contributed by atoms with Crippen molar-refractivity contribution in [2.24, 2.45) is 0 Å². The van der Waals surface area contributed by atoms with Gasteiger partial charge in [0.2, 0.25) is 5.95 Å². The number of allylic oxidation sites excluding steroid dienone is 6. The van der Waals surface area contributed by atoms with E-state index in [-0.39, 0.29) is 24.0 Å². The summed E-state index contributed by atoms with van der Waals surface area (Å²) >= 11 is 0. The maximum absolute atomic E-state index is 13.2. The van der Waals surface area contributed by atoms with E-state index in [1.54, 1.807) is 12.2 Å². The topological polar surface area (TPSA) is 78.2 Å². The number of nitrogen functional groups attached to an aromatic ring is 1. The van der Waals surface area contributed by atoms with Crippen molar-refractivity contribution in [1.82, 2.24) is 19.2 Å². The Balaban J connectivity index is 1.87. The lowest BCUT2D eigenvalue weighted by Gasteiger charge is -2.01. The molecule has 0 saturated carbocycles. The normalized spacial score (nSPS) is 14.7. The molecule has 0 saturated heterocycles. The highest BCUT2D eigenvalue weighted by molar-refractivity contribution is 5.91. The van der Waals surface area contributed by atoms with Crippen LogP contribution in [0.2, 0.25) is 0 Å². The molecule has 24 heavy (non-hydrogen) atoms. The predicted molar refractivity (Wildman–Crippen MR) is 90.2 cm³/mol. The molecule has 2 heterocycles. The molecule has 7 heteroatoms. The van der Waals surface area contributed by atoms with E-state index in [1.165, 1.54) is 21.2 Å². The molecule has 0 spiro atoms. The second kappa shape index (κ2) is 5.45. The van der Waals surface area contributed by atoms with Gasteiger partial charge in [-0.15, -0.1) is 5.10 Å². The molecule has 0 atom stereocenters. The van der Waals surface area contributed by atoms with Crippen LogP contribution in [0.4, 0.5) is 10.3 Å². The largest absolute Gasteiger partial charge is 0.369 e. The fourth-order valence-corrected chi connectivity index (χ4v) is 2.78. The van der Waals surface area contributed by atoms with E-state index in [9.17, 15) is 9.18 Å². The van der Waals surface area contributed by atoms with Crippen LogP contribution in [0.5, 0.6) is 0 Å². The van der Waals surface area contributed by atoms with Gasteiger partial charge in [0, 0.05) is 5.39 Å². The second-order valence-electron chi connectivity index (χ2n) is 5.57. The summed E-state index contributed by atoms with van der Waals surface area (Å²) < 4.78 is 15.9. The monoisotopic (exact) mass is 323 g/mol. The zero-order valence-corrected chi connectivity index (χ0v) is 12.7. The van der Waals surface area contributed by atoms with Crippen LogP contribution in [0.3, 0.4) is 0 Å². The smallest absolute Gasteiger partial charge is 0.353 e. The van der Waals surface area contributed by atoms with E-state index in [0.29, 0.717) is 17.6 Å². The number of nitrogens with zero attached hydrogens (tertiary/aromatic N) is 4. The van der Waals surface area contributed by atoms with Gasteiger partial charge in [-0.3, -0.25) is 0 Å². The Morgan fingerprint density at radius 2 is 2.08 bits per heavy atom. The van der Waals surface area contributed by atoms with Crippen molar-refractivity contribution in [2.75, 3.05) is 5.73 Å². The van der Waals surface area contributed by atoms with E-state index in [1.807, 2.05) is 24.3 Å². The first kappa shape index (κ1) is 14.4. The Morgan fingerprint density at radius 1 is 1.25 bits per heavy atom. The minimum absolute atomic E-state index is 0.0978. The highest BCUT2D eigenvalue weighted by Crippen LogP contribution is 2.18. The third kappa shape index (κ3) is 2.30. The number of aromatic nitrogens is 4. The highest BCUT2D eigenvalue weighted by atomic mass is 19.1. The van der Waals surface area contributed by atoms with Crippen LogP contribution in [-0.2, 0) is 6.54 Å². The number of halogens is 1. The molecule has 1 aliphatic carbocycles. The van der Waals surface area contributed by atoms with E-state index in [0.717, 1.165) is 11.0 Å². The Bertz CT molecular complexity index is 1100. The van der Waals surface area contributed by atoms with Gasteiger partial charge in [0.05, 0.1) is 12.1 Å². The molecule has 0 radical (unpaired) electrons. The Labute approximate surface area is 136 Å². The van der Waals surface area contributed by atoms with Gasteiger partial charge in [0.25, 0.3) is 0 Å². The molecule has 0 bridgehead atoms. The van der Waals surface area contributed by atoms with Gasteiger partial charge in [-0.25, -0.2) is 23.3 Å². The Morgan fingerprint density at radius 3 is 2.96 bits per heavy atom. The average molecular weight is 323 g/mol. The first-order chi connectivity index (χ1) is 11.6. The third-order valence-corrected chi connectivity index (χ3v) is 3.94. The number of fused-ring (bicyclic) bond motifs is 3. The number of anilines is 1. The predicted octanol–water partition coefficient (Wildman–Crippen LogP) is 2.37. The van der Waals surface area contributed by atoms with Crippen LogP contribution in [-0.4, -0.2) is 19.2 Å². The fraction of sp³-hybridized carbons (Fsp3) is 0.118. The van der Waals surface area contributed by atoms with Gasteiger partial charge >= 0.3 is 5.69 Å².